The van der Waals surface area contributed by atoms with Gasteiger partial charge in [-0.3, -0.25) is 9.59 Å². The van der Waals surface area contributed by atoms with E-state index in [4.69, 9.17) is 14.2 Å². The highest BCUT2D eigenvalue weighted by molar-refractivity contribution is 5.72. The Balaban J connectivity index is 4.31. The van der Waals surface area contributed by atoms with Crippen LogP contribution in [-0.2, 0) is 28.6 Å². The zero-order chi connectivity index (χ0) is 45.6. The van der Waals surface area contributed by atoms with Gasteiger partial charge in [-0.2, -0.15) is 0 Å². The number of carbonyl (C=O) groups is 3. The summed E-state index contributed by atoms with van der Waals surface area (Å²) >= 11 is 0. The summed E-state index contributed by atoms with van der Waals surface area (Å²) in [5.74, 6) is -1.49. The summed E-state index contributed by atoms with van der Waals surface area (Å²) in [6, 6.07) is -0.621. The number of aliphatic carboxylic acids is 1. The maximum Gasteiger partial charge on any atom is 0.362 e. The Hall–Kier alpha value is -2.97. The molecule has 0 amide bonds. The Kier molecular flexibility index (Phi) is 42.5. The Morgan fingerprint density at radius 1 is 0.500 bits per heavy atom. The fourth-order valence-electron chi connectivity index (χ4n) is 7.30. The Bertz CT molecular complexity index is 1200. The topological polar surface area (TPSA) is 99.1 Å². The minimum Gasteiger partial charge on any atom is -0.477 e. The van der Waals surface area contributed by atoms with Crippen molar-refractivity contribution >= 4 is 17.9 Å². The number of carboxylic acids is 1. The minimum absolute atomic E-state index is 0.0505. The van der Waals surface area contributed by atoms with Crippen LogP contribution in [-0.4, -0.2) is 80.6 Å². The van der Waals surface area contributed by atoms with Gasteiger partial charge in [0.2, 0.25) is 0 Å². The predicted molar refractivity (Wildman–Crippen MR) is 261 cm³/mol. The van der Waals surface area contributed by atoms with E-state index in [2.05, 4.69) is 74.6 Å². The first kappa shape index (κ1) is 59.0. The van der Waals surface area contributed by atoms with Gasteiger partial charge >= 0.3 is 17.9 Å². The van der Waals surface area contributed by atoms with E-state index in [-0.39, 0.29) is 36.2 Å². The molecule has 0 aliphatic rings. The molecule has 1 N–H and O–H groups in total. The van der Waals surface area contributed by atoms with Crippen LogP contribution >= 0.6 is 0 Å². The molecule has 0 spiro atoms. The van der Waals surface area contributed by atoms with E-state index in [9.17, 15) is 19.5 Å². The normalized spacial score (nSPS) is 13.4. The van der Waals surface area contributed by atoms with E-state index < -0.39 is 18.1 Å². The Labute approximate surface area is 381 Å². The molecule has 0 saturated heterocycles. The van der Waals surface area contributed by atoms with Gasteiger partial charge < -0.3 is 23.8 Å². The Morgan fingerprint density at radius 3 is 1.34 bits per heavy atom. The fraction of sp³-hybridized carbons (Fsp3) is 0.759. The van der Waals surface area contributed by atoms with Crippen molar-refractivity contribution < 1.29 is 38.2 Å². The van der Waals surface area contributed by atoms with Crippen LogP contribution in [0.15, 0.2) is 60.8 Å². The molecule has 0 aromatic carbocycles. The van der Waals surface area contributed by atoms with Crippen LogP contribution in [0, 0.1) is 0 Å². The number of esters is 2. The summed E-state index contributed by atoms with van der Waals surface area (Å²) < 4.78 is 17.3. The Morgan fingerprint density at radius 2 is 0.903 bits per heavy atom. The summed E-state index contributed by atoms with van der Waals surface area (Å²) in [7, 11) is 5.52. The lowest BCUT2D eigenvalue weighted by Crippen LogP contribution is -2.50. The van der Waals surface area contributed by atoms with Gasteiger partial charge in [0.15, 0.2) is 12.1 Å². The SMILES string of the molecule is CC/C=C/C/C=C/C/C=C/C/C=C/C/C=C/CCCCCCC(=O)OC(COCCC(C(=O)O)[N+](C)(C)C)COC(=O)CCCCCCCCCCCCCCCCCCCC. The van der Waals surface area contributed by atoms with Crippen LogP contribution in [0.1, 0.15) is 213 Å². The molecule has 0 heterocycles. The van der Waals surface area contributed by atoms with Gasteiger partial charge in [-0.15, -0.1) is 0 Å². The number of hydrogen-bond donors (Lipinski definition) is 1. The number of ether oxygens (including phenoxy) is 3. The number of allylic oxidation sites excluding steroid dienone is 10. The lowest BCUT2D eigenvalue weighted by Gasteiger charge is -2.31. The van der Waals surface area contributed by atoms with E-state index >= 15 is 0 Å². The summed E-state index contributed by atoms with van der Waals surface area (Å²) in [6.07, 6.45) is 55.5. The standard InChI is InChI=1S/C54H95NO7/c1-6-8-10-12-14-16-18-20-22-24-26-27-29-31-33-35-37-39-41-43-45-53(57)62-50(48-60-47-46-51(54(58)59)55(3,4)5)49-61-52(56)44-42-40-38-36-34-32-30-28-25-23-21-19-17-15-13-11-9-7-2/h8,10,14,16,20,22,26-27,31,33,50-51H,6-7,9,11-13,15,17-19,21,23-25,28-30,32,34-49H2,1-5H3/p+1/b10-8+,16-14+,22-20+,27-26+,33-31+. The molecule has 0 fully saturated rings. The zero-order valence-electron chi connectivity index (χ0n) is 40.8. The molecular formula is C54H96NO7+. The molecule has 358 valence electrons. The lowest BCUT2D eigenvalue weighted by molar-refractivity contribution is -0.887. The summed E-state index contributed by atoms with van der Waals surface area (Å²) in [6.45, 7) is 4.62. The van der Waals surface area contributed by atoms with Gasteiger partial charge in [-0.05, 0) is 57.8 Å². The third-order valence-electron chi connectivity index (χ3n) is 11.2. The number of quaternary nitrogens is 1. The molecule has 62 heavy (non-hydrogen) atoms. The molecular weight excluding hydrogens is 775 g/mol. The van der Waals surface area contributed by atoms with E-state index in [0.29, 0.717) is 19.3 Å². The molecule has 0 radical (unpaired) electrons. The predicted octanol–water partition coefficient (Wildman–Crippen LogP) is 14.5. The van der Waals surface area contributed by atoms with Crippen molar-refractivity contribution in [2.45, 2.75) is 225 Å². The van der Waals surface area contributed by atoms with Crippen LogP contribution in [0.3, 0.4) is 0 Å². The van der Waals surface area contributed by atoms with Crippen molar-refractivity contribution in [3.05, 3.63) is 60.8 Å². The smallest absolute Gasteiger partial charge is 0.362 e. The number of carboxylic acid groups (broad SMARTS) is 1. The van der Waals surface area contributed by atoms with Crippen LogP contribution in [0.2, 0.25) is 0 Å². The number of unbranched alkanes of at least 4 members (excludes halogenated alkanes) is 21. The van der Waals surface area contributed by atoms with Crippen molar-refractivity contribution in [1.29, 1.82) is 0 Å². The maximum absolute atomic E-state index is 12.8. The highest BCUT2D eigenvalue weighted by atomic mass is 16.6. The van der Waals surface area contributed by atoms with Crippen molar-refractivity contribution in [3.8, 4) is 0 Å². The van der Waals surface area contributed by atoms with Crippen molar-refractivity contribution in [3.63, 3.8) is 0 Å². The zero-order valence-corrected chi connectivity index (χ0v) is 40.8. The maximum atomic E-state index is 12.8. The van der Waals surface area contributed by atoms with E-state index in [1.165, 1.54) is 96.3 Å². The van der Waals surface area contributed by atoms with Crippen LogP contribution in [0.25, 0.3) is 0 Å². The number of rotatable bonds is 45. The molecule has 8 nitrogen and oxygen atoms in total. The molecule has 0 aliphatic heterocycles. The highest BCUT2D eigenvalue weighted by Gasteiger charge is 2.31. The molecule has 0 saturated carbocycles. The number of hydrogen-bond acceptors (Lipinski definition) is 6. The van der Waals surface area contributed by atoms with E-state index in [1.807, 2.05) is 21.1 Å². The van der Waals surface area contributed by atoms with Gasteiger partial charge in [0.25, 0.3) is 0 Å². The van der Waals surface area contributed by atoms with E-state index in [1.54, 1.807) is 0 Å². The van der Waals surface area contributed by atoms with Crippen LogP contribution in [0.4, 0.5) is 0 Å². The molecule has 0 aromatic rings. The van der Waals surface area contributed by atoms with Crippen molar-refractivity contribution in [1.82, 2.24) is 0 Å². The highest BCUT2D eigenvalue weighted by Crippen LogP contribution is 2.16. The molecule has 8 heteroatoms. The summed E-state index contributed by atoms with van der Waals surface area (Å²) in [5, 5.41) is 9.65. The van der Waals surface area contributed by atoms with Gasteiger partial charge in [0.05, 0.1) is 34.4 Å². The van der Waals surface area contributed by atoms with E-state index in [0.717, 1.165) is 83.5 Å². The molecule has 2 atom stereocenters. The van der Waals surface area contributed by atoms with Crippen molar-refractivity contribution in [2.24, 2.45) is 0 Å². The first-order valence-corrected chi connectivity index (χ1v) is 25.3. The first-order valence-electron chi connectivity index (χ1n) is 25.3. The minimum atomic E-state index is -0.879. The number of carbonyl (C=O) groups excluding carboxylic acids is 2. The number of likely N-dealkylation sites (N-methyl/N-ethyl adjacent to an activating group) is 1. The average molecular weight is 871 g/mol. The number of nitrogens with zero attached hydrogens (tertiary/aromatic N) is 1. The summed E-state index contributed by atoms with van der Waals surface area (Å²) in [5.41, 5.74) is 0. The molecule has 2 unspecified atom stereocenters. The van der Waals surface area contributed by atoms with Crippen LogP contribution < -0.4 is 0 Å². The molecule has 0 aliphatic carbocycles. The molecule has 0 bridgehead atoms. The second kappa shape index (κ2) is 44.6. The average Bonchev–Trinajstić information content (AvgIpc) is 3.23. The van der Waals surface area contributed by atoms with Crippen LogP contribution in [0.5, 0.6) is 0 Å². The first-order chi connectivity index (χ1) is 30.1. The van der Waals surface area contributed by atoms with Gasteiger partial charge in [-0.1, -0.05) is 197 Å². The lowest BCUT2D eigenvalue weighted by atomic mass is 10.0. The van der Waals surface area contributed by atoms with Gasteiger partial charge in [0, 0.05) is 19.3 Å². The third kappa shape index (κ3) is 42.3. The second-order valence-electron chi connectivity index (χ2n) is 18.1. The van der Waals surface area contributed by atoms with Gasteiger partial charge in [0.1, 0.15) is 6.61 Å². The third-order valence-corrected chi connectivity index (χ3v) is 11.2. The fourth-order valence-corrected chi connectivity index (χ4v) is 7.30. The largest absolute Gasteiger partial charge is 0.477 e. The second-order valence-corrected chi connectivity index (χ2v) is 18.1. The molecule has 0 aromatic heterocycles. The van der Waals surface area contributed by atoms with Crippen molar-refractivity contribution in [2.75, 3.05) is 41.0 Å². The van der Waals surface area contributed by atoms with Gasteiger partial charge in [-0.25, -0.2) is 4.79 Å². The monoisotopic (exact) mass is 871 g/mol. The summed E-state index contributed by atoms with van der Waals surface area (Å²) in [4.78, 5) is 37.1. The quantitative estimate of drug-likeness (QED) is 0.0282. The molecule has 0 rings (SSSR count).